The monoisotopic (exact) mass is 199 g/mol. The van der Waals surface area contributed by atoms with Crippen molar-refractivity contribution < 1.29 is 19.8 Å². The lowest BCUT2D eigenvalue weighted by molar-refractivity contribution is 0.0685. The molecule has 0 saturated heterocycles. The van der Waals surface area contributed by atoms with E-state index >= 15 is 0 Å². The van der Waals surface area contributed by atoms with Crippen LogP contribution in [0.15, 0.2) is 12.1 Å². The fourth-order valence-electron chi connectivity index (χ4n) is 0.774. The van der Waals surface area contributed by atoms with Gasteiger partial charge in [-0.15, -0.1) is 0 Å². The number of carbonyl (C=O) groups is 2. The molecule has 1 rings (SSSR count). The third-order valence-corrected chi connectivity index (χ3v) is 1.54. The molecule has 0 aliphatic rings. The van der Waals surface area contributed by atoms with Gasteiger partial charge in [-0.25, -0.2) is 9.59 Å². The van der Waals surface area contributed by atoms with Gasteiger partial charge in [0.1, 0.15) is 11.4 Å². The number of pyridine rings is 1. The van der Waals surface area contributed by atoms with Gasteiger partial charge in [0, 0.05) is 4.51 Å². The summed E-state index contributed by atoms with van der Waals surface area (Å²) in [6.45, 7) is 0. The first-order valence-corrected chi connectivity index (χ1v) is 3.62. The molecule has 13 heavy (non-hydrogen) atoms. The minimum Gasteiger partial charge on any atom is -0.477 e. The lowest BCUT2D eigenvalue weighted by atomic mass is 10.3. The standard InChI is InChI=1S/C7H5NO4S/c9-6(10)4-1-3(13)2-5(8-4)7(11)12/h1-2H,(H,8,13)(H,9,10)(H,11,12). The predicted octanol–water partition coefficient (Wildman–Crippen LogP) is 1.14. The van der Waals surface area contributed by atoms with Crippen LogP contribution in [0.1, 0.15) is 21.0 Å². The molecule has 0 fully saturated rings. The van der Waals surface area contributed by atoms with E-state index in [1.54, 1.807) is 0 Å². The minimum atomic E-state index is -1.24. The Morgan fingerprint density at radius 3 is 1.85 bits per heavy atom. The Balaban J connectivity index is 3.35. The Bertz CT molecular complexity index is 387. The first kappa shape index (κ1) is 9.40. The van der Waals surface area contributed by atoms with Crippen LogP contribution in [0.2, 0.25) is 0 Å². The molecule has 6 heteroatoms. The number of hydrogen-bond acceptors (Lipinski definition) is 3. The van der Waals surface area contributed by atoms with E-state index in [2.05, 4.69) is 17.2 Å². The van der Waals surface area contributed by atoms with Crippen molar-refractivity contribution in [1.29, 1.82) is 0 Å². The minimum absolute atomic E-state index is 0.175. The Kier molecular flexibility index (Phi) is 2.43. The quantitative estimate of drug-likeness (QED) is 0.621. The van der Waals surface area contributed by atoms with Gasteiger partial charge in [0.2, 0.25) is 0 Å². The smallest absolute Gasteiger partial charge is 0.352 e. The highest BCUT2D eigenvalue weighted by molar-refractivity contribution is 7.71. The molecule has 1 heterocycles. The number of carboxylic acids is 2. The summed E-state index contributed by atoms with van der Waals surface area (Å²) in [5.41, 5.74) is -0.463. The second-order valence-corrected chi connectivity index (χ2v) is 2.73. The Labute approximate surface area is 77.7 Å². The van der Waals surface area contributed by atoms with Gasteiger partial charge in [-0.05, 0) is 12.1 Å². The first-order chi connectivity index (χ1) is 6.00. The number of aromatic nitrogens is 1. The van der Waals surface area contributed by atoms with Crippen molar-refractivity contribution in [2.45, 2.75) is 0 Å². The molecule has 0 radical (unpaired) electrons. The zero-order valence-electron chi connectivity index (χ0n) is 6.27. The van der Waals surface area contributed by atoms with Crippen molar-refractivity contribution in [1.82, 2.24) is 4.98 Å². The van der Waals surface area contributed by atoms with E-state index in [9.17, 15) is 9.59 Å². The number of carboxylic acid groups (broad SMARTS) is 2. The normalized spacial score (nSPS) is 9.54. The van der Waals surface area contributed by atoms with Gasteiger partial charge in [-0.3, -0.25) is 0 Å². The second-order valence-electron chi connectivity index (χ2n) is 2.25. The molecule has 0 aliphatic carbocycles. The Morgan fingerprint density at radius 1 is 1.15 bits per heavy atom. The van der Waals surface area contributed by atoms with Gasteiger partial charge in [-0.2, -0.15) is 0 Å². The van der Waals surface area contributed by atoms with Crippen molar-refractivity contribution >= 4 is 24.2 Å². The van der Waals surface area contributed by atoms with Gasteiger partial charge in [0.25, 0.3) is 0 Å². The number of aromatic amines is 1. The van der Waals surface area contributed by atoms with E-state index in [0.717, 1.165) is 0 Å². The van der Waals surface area contributed by atoms with E-state index in [1.807, 2.05) is 0 Å². The maximum atomic E-state index is 10.5. The Hall–Kier alpha value is -1.69. The molecule has 0 bridgehead atoms. The summed E-state index contributed by atoms with van der Waals surface area (Å²) in [5, 5.41) is 17.1. The van der Waals surface area contributed by atoms with Gasteiger partial charge in [0.15, 0.2) is 0 Å². The third-order valence-electron chi connectivity index (χ3n) is 1.30. The zero-order chi connectivity index (χ0) is 10.0. The zero-order valence-corrected chi connectivity index (χ0v) is 7.09. The first-order valence-electron chi connectivity index (χ1n) is 3.21. The average Bonchev–Trinajstić information content (AvgIpc) is 2.03. The van der Waals surface area contributed by atoms with E-state index in [-0.39, 0.29) is 15.9 Å². The highest BCUT2D eigenvalue weighted by Gasteiger charge is 2.08. The van der Waals surface area contributed by atoms with Gasteiger partial charge in [0.05, 0.1) is 0 Å². The summed E-state index contributed by atoms with van der Waals surface area (Å²) in [4.78, 5) is 23.1. The summed E-state index contributed by atoms with van der Waals surface area (Å²) in [5.74, 6) is -2.48. The number of rotatable bonds is 2. The summed E-state index contributed by atoms with van der Waals surface area (Å²) >= 11 is 4.68. The number of aromatic carboxylic acids is 2. The second kappa shape index (κ2) is 3.36. The lowest BCUT2D eigenvalue weighted by Crippen LogP contribution is -2.06. The fourth-order valence-corrected chi connectivity index (χ4v) is 1.01. The van der Waals surface area contributed by atoms with Crippen LogP contribution in [0, 0.1) is 4.51 Å². The van der Waals surface area contributed by atoms with Gasteiger partial charge < -0.3 is 15.2 Å². The topological polar surface area (TPSA) is 90.4 Å². The molecule has 0 amide bonds. The molecule has 0 aromatic carbocycles. The maximum absolute atomic E-state index is 10.5. The highest BCUT2D eigenvalue weighted by atomic mass is 32.1. The predicted molar refractivity (Wildman–Crippen MR) is 45.5 cm³/mol. The number of H-pyrrole nitrogens is 1. The van der Waals surface area contributed by atoms with E-state index in [4.69, 9.17) is 10.2 Å². The van der Waals surface area contributed by atoms with Crippen LogP contribution in [-0.4, -0.2) is 27.1 Å². The molecular weight excluding hydrogens is 194 g/mol. The molecule has 0 unspecified atom stereocenters. The summed E-state index contributed by atoms with van der Waals surface area (Å²) < 4.78 is 0.175. The van der Waals surface area contributed by atoms with Crippen LogP contribution < -0.4 is 0 Å². The average molecular weight is 199 g/mol. The summed E-state index contributed by atoms with van der Waals surface area (Å²) in [6.07, 6.45) is 0. The highest BCUT2D eigenvalue weighted by Crippen LogP contribution is 2.02. The van der Waals surface area contributed by atoms with Crippen molar-refractivity contribution in [3.05, 3.63) is 28.0 Å². The number of hydrogen-bond donors (Lipinski definition) is 3. The van der Waals surface area contributed by atoms with Crippen molar-refractivity contribution in [3.8, 4) is 0 Å². The van der Waals surface area contributed by atoms with Crippen molar-refractivity contribution in [2.24, 2.45) is 0 Å². The van der Waals surface area contributed by atoms with E-state index in [0.29, 0.717) is 0 Å². The van der Waals surface area contributed by atoms with Gasteiger partial charge in [-0.1, -0.05) is 12.2 Å². The van der Waals surface area contributed by atoms with Crippen LogP contribution in [0.5, 0.6) is 0 Å². The summed E-state index contributed by atoms with van der Waals surface area (Å²) in [6, 6.07) is 2.37. The molecule has 0 atom stereocenters. The molecule has 5 nitrogen and oxygen atoms in total. The fraction of sp³-hybridized carbons (Fsp3) is 0. The lowest BCUT2D eigenvalue weighted by Gasteiger charge is -1.97. The van der Waals surface area contributed by atoms with Gasteiger partial charge >= 0.3 is 11.9 Å². The maximum Gasteiger partial charge on any atom is 0.352 e. The summed E-state index contributed by atoms with van der Waals surface area (Å²) in [7, 11) is 0. The SMILES string of the molecule is O=C(O)c1cc(=S)cc(C(=O)O)[nH]1. The van der Waals surface area contributed by atoms with E-state index in [1.165, 1.54) is 12.1 Å². The van der Waals surface area contributed by atoms with Crippen LogP contribution in [0.4, 0.5) is 0 Å². The molecule has 1 aromatic heterocycles. The van der Waals surface area contributed by atoms with Crippen molar-refractivity contribution in [2.75, 3.05) is 0 Å². The third kappa shape index (κ3) is 2.12. The molecule has 0 spiro atoms. The van der Waals surface area contributed by atoms with Crippen LogP contribution in [0.25, 0.3) is 0 Å². The van der Waals surface area contributed by atoms with Crippen LogP contribution in [0.3, 0.4) is 0 Å². The van der Waals surface area contributed by atoms with Crippen LogP contribution >= 0.6 is 12.2 Å². The Morgan fingerprint density at radius 2 is 1.54 bits per heavy atom. The number of nitrogens with one attached hydrogen (secondary N) is 1. The largest absolute Gasteiger partial charge is 0.477 e. The van der Waals surface area contributed by atoms with E-state index < -0.39 is 11.9 Å². The molecule has 1 aromatic rings. The molecule has 68 valence electrons. The van der Waals surface area contributed by atoms with Crippen LogP contribution in [-0.2, 0) is 0 Å². The molecule has 0 aliphatic heterocycles. The molecular formula is C7H5NO4S. The molecule has 3 N–H and O–H groups in total. The van der Waals surface area contributed by atoms with Crippen molar-refractivity contribution in [3.63, 3.8) is 0 Å². The molecule has 0 saturated carbocycles.